The Morgan fingerprint density at radius 1 is 1.09 bits per heavy atom. The number of imidazole rings is 1. The van der Waals surface area contributed by atoms with Crippen LogP contribution in [0.25, 0.3) is 21.6 Å². The molecule has 1 saturated heterocycles. The summed E-state index contributed by atoms with van der Waals surface area (Å²) in [4.78, 5) is 36.1. The lowest BCUT2D eigenvalue weighted by Crippen LogP contribution is -2.40. The fourth-order valence-electron chi connectivity index (χ4n) is 4.67. The molecule has 0 spiro atoms. The Balaban J connectivity index is 1.34. The molecule has 0 bridgehead atoms. The van der Waals surface area contributed by atoms with Gasteiger partial charge in [0.2, 0.25) is 0 Å². The van der Waals surface area contributed by atoms with E-state index < -0.39 is 0 Å². The van der Waals surface area contributed by atoms with Crippen LogP contribution in [0.5, 0.6) is 0 Å². The van der Waals surface area contributed by atoms with Crippen molar-refractivity contribution in [2.45, 2.75) is 39.7 Å². The number of hydrogen-bond donors (Lipinski definition) is 1. The van der Waals surface area contributed by atoms with Gasteiger partial charge < -0.3 is 9.88 Å². The summed E-state index contributed by atoms with van der Waals surface area (Å²) in [7, 11) is 0. The Hall–Kier alpha value is -3.19. The average molecular weight is 447 g/mol. The number of fused-ring (bicyclic) bond motifs is 1. The van der Waals surface area contributed by atoms with Gasteiger partial charge in [0.1, 0.15) is 9.88 Å². The first-order valence-corrected chi connectivity index (χ1v) is 11.8. The van der Waals surface area contributed by atoms with Crippen molar-refractivity contribution in [3.05, 3.63) is 74.6 Å². The number of H-pyrrole nitrogens is 1. The molecular formula is C25H26N4O2S. The summed E-state index contributed by atoms with van der Waals surface area (Å²) in [6.45, 7) is 7.33. The van der Waals surface area contributed by atoms with Gasteiger partial charge in [-0.3, -0.25) is 9.36 Å². The molecule has 6 nitrogen and oxygen atoms in total. The molecule has 32 heavy (non-hydrogen) atoms. The normalized spacial score (nSPS) is 14.9. The third-order valence-corrected chi connectivity index (χ3v) is 7.52. The number of aromatic nitrogens is 3. The number of piperidine rings is 1. The van der Waals surface area contributed by atoms with Crippen LogP contribution in [0.3, 0.4) is 0 Å². The molecule has 2 aromatic carbocycles. The number of carbonyl (C=O) groups excluding carboxylic acids is 1. The molecule has 1 fully saturated rings. The molecule has 3 heterocycles. The lowest BCUT2D eigenvalue weighted by molar-refractivity contribution is 0.0699. The quantitative estimate of drug-likeness (QED) is 0.489. The third-order valence-electron chi connectivity index (χ3n) is 6.34. The van der Waals surface area contributed by atoms with Gasteiger partial charge in [-0.2, -0.15) is 0 Å². The van der Waals surface area contributed by atoms with Crippen molar-refractivity contribution in [3.8, 4) is 10.6 Å². The first kappa shape index (κ1) is 20.7. The van der Waals surface area contributed by atoms with Crippen molar-refractivity contribution >= 4 is 28.3 Å². The Bertz CT molecular complexity index is 1370. The van der Waals surface area contributed by atoms with Crippen molar-refractivity contribution in [2.24, 2.45) is 0 Å². The Kier molecular flexibility index (Phi) is 5.21. The topological polar surface area (TPSA) is 71.0 Å². The molecule has 7 heteroatoms. The summed E-state index contributed by atoms with van der Waals surface area (Å²) in [5.74, 6) is 0.0424. The van der Waals surface area contributed by atoms with Crippen LogP contribution in [0.1, 0.15) is 45.4 Å². The predicted octanol–water partition coefficient (Wildman–Crippen LogP) is 4.86. The van der Waals surface area contributed by atoms with Crippen LogP contribution in [-0.4, -0.2) is 38.4 Å². The summed E-state index contributed by atoms with van der Waals surface area (Å²) in [5.41, 5.74) is 5.96. The molecule has 1 aliphatic heterocycles. The van der Waals surface area contributed by atoms with E-state index in [4.69, 9.17) is 4.98 Å². The molecule has 0 unspecified atom stereocenters. The standard InChI is InChI=1S/C25H26N4O2S/c1-15-8-9-19(16(2)14-15)23-26-17(3)22(32-23)24(30)28-12-10-18(11-13-28)29-21-7-5-4-6-20(21)27-25(29)31/h4-9,14,18H,10-13H2,1-3H3,(H,27,31). The van der Waals surface area contributed by atoms with E-state index >= 15 is 0 Å². The van der Waals surface area contributed by atoms with Crippen LogP contribution >= 0.6 is 11.3 Å². The van der Waals surface area contributed by atoms with Crippen LogP contribution in [0, 0.1) is 20.8 Å². The third kappa shape index (κ3) is 3.56. The molecule has 0 aliphatic carbocycles. The van der Waals surface area contributed by atoms with Crippen molar-refractivity contribution in [1.82, 2.24) is 19.4 Å². The fraction of sp³-hybridized carbons (Fsp3) is 0.320. The molecule has 0 radical (unpaired) electrons. The predicted molar refractivity (Wildman–Crippen MR) is 128 cm³/mol. The van der Waals surface area contributed by atoms with Gasteiger partial charge in [-0.15, -0.1) is 11.3 Å². The van der Waals surface area contributed by atoms with Crippen LogP contribution in [0.15, 0.2) is 47.3 Å². The summed E-state index contributed by atoms with van der Waals surface area (Å²) in [6, 6.07) is 14.2. The van der Waals surface area contributed by atoms with E-state index in [9.17, 15) is 9.59 Å². The van der Waals surface area contributed by atoms with Crippen LogP contribution in [-0.2, 0) is 0 Å². The van der Waals surface area contributed by atoms with E-state index in [0.29, 0.717) is 18.0 Å². The smallest absolute Gasteiger partial charge is 0.326 e. The number of aryl methyl sites for hydroxylation is 3. The number of nitrogens with zero attached hydrogens (tertiary/aromatic N) is 3. The maximum atomic E-state index is 13.3. The number of hydrogen-bond acceptors (Lipinski definition) is 4. The highest BCUT2D eigenvalue weighted by Gasteiger charge is 2.28. The minimum atomic E-state index is -0.0765. The van der Waals surface area contributed by atoms with Crippen molar-refractivity contribution in [3.63, 3.8) is 0 Å². The second-order valence-corrected chi connectivity index (χ2v) is 9.59. The van der Waals surface area contributed by atoms with E-state index in [1.165, 1.54) is 22.5 Å². The Labute approximate surface area is 190 Å². The fourth-order valence-corrected chi connectivity index (χ4v) is 5.80. The molecule has 1 aliphatic rings. The zero-order chi connectivity index (χ0) is 22.4. The highest BCUT2D eigenvalue weighted by Crippen LogP contribution is 2.33. The number of nitrogens with one attached hydrogen (secondary N) is 1. The first-order chi connectivity index (χ1) is 15.4. The largest absolute Gasteiger partial charge is 0.338 e. The van der Waals surface area contributed by atoms with Gasteiger partial charge in [-0.25, -0.2) is 9.78 Å². The number of para-hydroxylation sites is 2. The number of benzene rings is 2. The summed E-state index contributed by atoms with van der Waals surface area (Å²) in [6.07, 6.45) is 1.52. The monoisotopic (exact) mass is 446 g/mol. The lowest BCUT2D eigenvalue weighted by Gasteiger charge is -2.32. The molecule has 164 valence electrons. The van der Waals surface area contributed by atoms with Gasteiger partial charge in [0.15, 0.2) is 0 Å². The highest BCUT2D eigenvalue weighted by atomic mass is 32.1. The molecule has 2 aromatic heterocycles. The second kappa shape index (κ2) is 8.06. The Morgan fingerprint density at radius 3 is 2.59 bits per heavy atom. The molecule has 1 amide bonds. The number of aromatic amines is 1. The van der Waals surface area contributed by atoms with Gasteiger partial charge in [0, 0.05) is 24.7 Å². The van der Waals surface area contributed by atoms with E-state index in [0.717, 1.165) is 40.1 Å². The minimum absolute atomic E-state index is 0.0424. The number of amides is 1. The van der Waals surface area contributed by atoms with E-state index in [1.807, 2.05) is 40.7 Å². The van der Waals surface area contributed by atoms with E-state index in [-0.39, 0.29) is 17.6 Å². The summed E-state index contributed by atoms with van der Waals surface area (Å²) < 4.78 is 1.85. The molecule has 0 atom stereocenters. The summed E-state index contributed by atoms with van der Waals surface area (Å²) in [5, 5.41) is 0.892. The molecule has 0 saturated carbocycles. The zero-order valence-corrected chi connectivity index (χ0v) is 19.3. The maximum Gasteiger partial charge on any atom is 0.326 e. The van der Waals surface area contributed by atoms with Crippen molar-refractivity contribution in [2.75, 3.05) is 13.1 Å². The maximum absolute atomic E-state index is 13.3. The highest BCUT2D eigenvalue weighted by molar-refractivity contribution is 7.17. The van der Waals surface area contributed by atoms with E-state index in [1.54, 1.807) is 0 Å². The Morgan fingerprint density at radius 2 is 1.84 bits per heavy atom. The number of likely N-dealkylation sites (tertiary alicyclic amines) is 1. The second-order valence-electron chi connectivity index (χ2n) is 8.59. The minimum Gasteiger partial charge on any atom is -0.338 e. The van der Waals surface area contributed by atoms with Gasteiger partial charge in [0.25, 0.3) is 5.91 Å². The van der Waals surface area contributed by atoms with Gasteiger partial charge in [-0.05, 0) is 51.3 Å². The number of thiazole rings is 1. The SMILES string of the molecule is Cc1ccc(-c2nc(C)c(C(=O)N3CCC(n4c(=O)[nH]c5ccccc54)CC3)s2)c(C)c1. The molecule has 5 rings (SSSR count). The van der Waals surface area contributed by atoms with Crippen LogP contribution < -0.4 is 5.69 Å². The molecular weight excluding hydrogens is 420 g/mol. The van der Waals surface area contributed by atoms with E-state index in [2.05, 4.69) is 37.0 Å². The van der Waals surface area contributed by atoms with Crippen molar-refractivity contribution in [1.29, 1.82) is 0 Å². The summed E-state index contributed by atoms with van der Waals surface area (Å²) >= 11 is 1.47. The van der Waals surface area contributed by atoms with Gasteiger partial charge in [-0.1, -0.05) is 35.9 Å². The van der Waals surface area contributed by atoms with Crippen molar-refractivity contribution < 1.29 is 4.79 Å². The first-order valence-electron chi connectivity index (χ1n) is 11.0. The molecule has 1 N–H and O–H groups in total. The van der Waals surface area contributed by atoms with Crippen LogP contribution in [0.4, 0.5) is 0 Å². The van der Waals surface area contributed by atoms with Gasteiger partial charge in [0.05, 0.1) is 16.7 Å². The number of carbonyl (C=O) groups is 1. The van der Waals surface area contributed by atoms with Gasteiger partial charge >= 0.3 is 5.69 Å². The molecule has 4 aromatic rings. The number of rotatable bonds is 3. The van der Waals surface area contributed by atoms with Crippen LogP contribution in [0.2, 0.25) is 0 Å². The lowest BCUT2D eigenvalue weighted by atomic mass is 10.0. The zero-order valence-electron chi connectivity index (χ0n) is 18.5. The average Bonchev–Trinajstić information content (AvgIpc) is 3.32.